The number of rotatable bonds is 4. The van der Waals surface area contributed by atoms with Gasteiger partial charge < -0.3 is 11.1 Å². The zero-order chi connectivity index (χ0) is 13.2. The summed E-state index contributed by atoms with van der Waals surface area (Å²) in [5.41, 5.74) is 5.53. The van der Waals surface area contributed by atoms with E-state index in [1.54, 1.807) is 11.3 Å². The van der Waals surface area contributed by atoms with Crippen LogP contribution in [0.2, 0.25) is 0 Å². The van der Waals surface area contributed by atoms with Gasteiger partial charge in [0.2, 0.25) is 5.91 Å². The molecular weight excluding hydrogens is 244 g/mol. The van der Waals surface area contributed by atoms with Gasteiger partial charge in [-0.3, -0.25) is 4.79 Å². The number of carbonyl (C=O) groups is 1. The van der Waals surface area contributed by atoms with Crippen molar-refractivity contribution in [3.63, 3.8) is 0 Å². The molecule has 18 heavy (non-hydrogen) atoms. The van der Waals surface area contributed by atoms with E-state index < -0.39 is 0 Å². The third kappa shape index (κ3) is 2.59. The number of nitrogens with one attached hydrogen (secondary N) is 1. The molecule has 0 aromatic carbocycles. The summed E-state index contributed by atoms with van der Waals surface area (Å²) in [5, 5.41) is 3.13. The minimum Gasteiger partial charge on any atom is -0.348 e. The highest BCUT2D eigenvalue weighted by Gasteiger charge is 2.40. The van der Waals surface area contributed by atoms with Crippen molar-refractivity contribution >= 4 is 17.2 Å². The summed E-state index contributed by atoms with van der Waals surface area (Å²) >= 11 is 1.74. The molecule has 1 saturated carbocycles. The molecule has 0 aliphatic heterocycles. The smallest absolute Gasteiger partial charge is 0.227 e. The van der Waals surface area contributed by atoms with Crippen LogP contribution < -0.4 is 11.1 Å². The summed E-state index contributed by atoms with van der Waals surface area (Å²) < 4.78 is 0. The van der Waals surface area contributed by atoms with Gasteiger partial charge in [0.1, 0.15) is 0 Å². The van der Waals surface area contributed by atoms with Crippen molar-refractivity contribution in [1.29, 1.82) is 0 Å². The van der Waals surface area contributed by atoms with Crippen LogP contribution in [0.15, 0.2) is 12.1 Å². The summed E-state index contributed by atoms with van der Waals surface area (Å²) in [4.78, 5) is 14.9. The molecule has 1 aliphatic rings. The van der Waals surface area contributed by atoms with Gasteiger partial charge in [-0.1, -0.05) is 12.8 Å². The summed E-state index contributed by atoms with van der Waals surface area (Å²) in [6, 6.07) is 4.27. The van der Waals surface area contributed by atoms with Crippen LogP contribution in [0, 0.1) is 12.3 Å². The Morgan fingerprint density at radius 1 is 1.50 bits per heavy atom. The number of carbonyl (C=O) groups excluding carboxylic acids is 1. The molecule has 0 bridgehead atoms. The molecule has 1 heterocycles. The first kappa shape index (κ1) is 13.6. The largest absolute Gasteiger partial charge is 0.348 e. The molecule has 4 heteroatoms. The molecule has 1 atom stereocenters. The minimum absolute atomic E-state index is 0.0835. The lowest BCUT2D eigenvalue weighted by atomic mass is 9.85. The predicted molar refractivity (Wildman–Crippen MR) is 75.6 cm³/mol. The summed E-state index contributed by atoms with van der Waals surface area (Å²) in [5.74, 6) is 0.140. The van der Waals surface area contributed by atoms with Gasteiger partial charge in [0, 0.05) is 16.3 Å². The van der Waals surface area contributed by atoms with Gasteiger partial charge in [-0.15, -0.1) is 11.3 Å². The van der Waals surface area contributed by atoms with E-state index >= 15 is 0 Å². The lowest BCUT2D eigenvalue weighted by Crippen LogP contribution is -2.44. The van der Waals surface area contributed by atoms with Crippen LogP contribution in [0.5, 0.6) is 0 Å². The van der Waals surface area contributed by atoms with Crippen molar-refractivity contribution in [3.8, 4) is 0 Å². The summed E-state index contributed by atoms with van der Waals surface area (Å²) in [6.45, 7) is 4.60. The van der Waals surface area contributed by atoms with E-state index in [2.05, 4.69) is 24.4 Å². The monoisotopic (exact) mass is 266 g/mol. The third-order valence-electron chi connectivity index (χ3n) is 3.97. The SMILES string of the molecule is Cc1ccc(C(C)NC(=O)C2(CN)CCCC2)s1. The van der Waals surface area contributed by atoms with Crippen molar-refractivity contribution in [2.75, 3.05) is 6.54 Å². The van der Waals surface area contributed by atoms with E-state index in [1.165, 1.54) is 9.75 Å². The van der Waals surface area contributed by atoms with Gasteiger partial charge in [-0.2, -0.15) is 0 Å². The molecule has 1 aromatic rings. The second-order valence-electron chi connectivity index (χ2n) is 5.34. The average Bonchev–Trinajstić information content (AvgIpc) is 2.97. The topological polar surface area (TPSA) is 55.1 Å². The number of hydrogen-bond donors (Lipinski definition) is 2. The fourth-order valence-corrected chi connectivity index (χ4v) is 3.56. The Hall–Kier alpha value is -0.870. The van der Waals surface area contributed by atoms with Crippen LogP contribution in [0.1, 0.15) is 48.4 Å². The summed E-state index contributed by atoms with van der Waals surface area (Å²) in [6.07, 6.45) is 4.12. The Morgan fingerprint density at radius 3 is 2.67 bits per heavy atom. The van der Waals surface area contributed by atoms with E-state index in [-0.39, 0.29) is 17.4 Å². The highest BCUT2D eigenvalue weighted by molar-refractivity contribution is 7.12. The van der Waals surface area contributed by atoms with Crippen LogP contribution in [-0.4, -0.2) is 12.5 Å². The van der Waals surface area contributed by atoms with Gasteiger partial charge in [0.25, 0.3) is 0 Å². The molecule has 1 amide bonds. The fraction of sp³-hybridized carbons (Fsp3) is 0.643. The molecule has 0 radical (unpaired) electrons. The highest BCUT2D eigenvalue weighted by Crippen LogP contribution is 2.38. The lowest BCUT2D eigenvalue weighted by molar-refractivity contribution is -0.131. The Bertz CT molecular complexity index is 421. The van der Waals surface area contributed by atoms with E-state index in [0.29, 0.717) is 6.54 Å². The maximum Gasteiger partial charge on any atom is 0.227 e. The maximum atomic E-state index is 12.4. The number of amides is 1. The molecule has 0 saturated heterocycles. The van der Waals surface area contributed by atoms with Gasteiger partial charge in [-0.25, -0.2) is 0 Å². The Labute approximate surface area is 113 Å². The average molecular weight is 266 g/mol. The highest BCUT2D eigenvalue weighted by atomic mass is 32.1. The van der Waals surface area contributed by atoms with E-state index in [1.807, 2.05) is 6.92 Å². The number of aryl methyl sites for hydroxylation is 1. The van der Waals surface area contributed by atoms with Crippen molar-refractivity contribution in [1.82, 2.24) is 5.32 Å². The zero-order valence-corrected chi connectivity index (χ0v) is 12.0. The first-order chi connectivity index (χ1) is 8.57. The van der Waals surface area contributed by atoms with Crippen LogP contribution >= 0.6 is 11.3 Å². The van der Waals surface area contributed by atoms with Crippen LogP contribution in [-0.2, 0) is 4.79 Å². The van der Waals surface area contributed by atoms with Crippen molar-refractivity contribution in [2.24, 2.45) is 11.1 Å². The number of hydrogen-bond acceptors (Lipinski definition) is 3. The lowest BCUT2D eigenvalue weighted by Gasteiger charge is -2.27. The van der Waals surface area contributed by atoms with Crippen molar-refractivity contribution in [2.45, 2.75) is 45.6 Å². The molecule has 3 nitrogen and oxygen atoms in total. The zero-order valence-electron chi connectivity index (χ0n) is 11.2. The third-order valence-corrected chi connectivity index (χ3v) is 5.15. The van der Waals surface area contributed by atoms with Gasteiger partial charge >= 0.3 is 0 Å². The first-order valence-corrected chi connectivity index (χ1v) is 7.46. The Morgan fingerprint density at radius 2 is 2.17 bits per heavy atom. The Balaban J connectivity index is 2.02. The van der Waals surface area contributed by atoms with E-state index in [0.717, 1.165) is 25.7 Å². The van der Waals surface area contributed by atoms with Crippen molar-refractivity contribution in [3.05, 3.63) is 21.9 Å². The second kappa shape index (κ2) is 5.41. The minimum atomic E-state index is -0.305. The van der Waals surface area contributed by atoms with Crippen LogP contribution in [0.25, 0.3) is 0 Å². The normalized spacial score (nSPS) is 19.7. The van der Waals surface area contributed by atoms with Crippen LogP contribution in [0.4, 0.5) is 0 Å². The summed E-state index contributed by atoms with van der Waals surface area (Å²) in [7, 11) is 0. The number of thiophene rings is 1. The Kier molecular flexibility index (Phi) is 4.07. The molecule has 1 fully saturated rings. The maximum absolute atomic E-state index is 12.4. The quantitative estimate of drug-likeness (QED) is 0.880. The number of nitrogens with two attached hydrogens (primary N) is 1. The molecule has 100 valence electrons. The van der Waals surface area contributed by atoms with E-state index in [9.17, 15) is 4.79 Å². The molecule has 1 aliphatic carbocycles. The van der Waals surface area contributed by atoms with Gasteiger partial charge in [-0.05, 0) is 38.8 Å². The second-order valence-corrected chi connectivity index (χ2v) is 6.65. The molecule has 1 unspecified atom stereocenters. The van der Waals surface area contributed by atoms with Crippen LogP contribution in [0.3, 0.4) is 0 Å². The van der Waals surface area contributed by atoms with Crippen molar-refractivity contribution < 1.29 is 4.79 Å². The van der Waals surface area contributed by atoms with Gasteiger partial charge in [0.05, 0.1) is 11.5 Å². The molecule has 3 N–H and O–H groups in total. The molecule has 0 spiro atoms. The fourth-order valence-electron chi connectivity index (χ4n) is 2.68. The van der Waals surface area contributed by atoms with Gasteiger partial charge in [0.15, 0.2) is 0 Å². The first-order valence-electron chi connectivity index (χ1n) is 6.65. The predicted octanol–water partition coefficient (Wildman–Crippen LogP) is 2.75. The molecular formula is C14H22N2OS. The molecule has 2 rings (SSSR count). The standard InChI is InChI=1S/C14H22N2OS/c1-10-5-6-12(18-10)11(2)16-13(17)14(9-15)7-3-4-8-14/h5-6,11H,3-4,7-9,15H2,1-2H3,(H,16,17). The molecule has 1 aromatic heterocycles. The van der Waals surface area contributed by atoms with E-state index in [4.69, 9.17) is 5.73 Å².